The summed E-state index contributed by atoms with van der Waals surface area (Å²) in [5, 5.41) is 14.1. The number of ether oxygens (including phenoxy) is 1. The lowest BCUT2D eigenvalue weighted by molar-refractivity contribution is 0.119. The summed E-state index contributed by atoms with van der Waals surface area (Å²) in [6.45, 7) is 10.0. The summed E-state index contributed by atoms with van der Waals surface area (Å²) < 4.78 is 27.9. The Balaban J connectivity index is 3.57. The highest BCUT2D eigenvalue weighted by atomic mass is 32.2. The molecule has 0 aromatic heterocycles. The van der Waals surface area contributed by atoms with E-state index in [1.54, 1.807) is 0 Å². The van der Waals surface area contributed by atoms with E-state index in [0.29, 0.717) is 0 Å². The van der Waals surface area contributed by atoms with Crippen molar-refractivity contribution in [3.8, 4) is 0 Å². The molecule has 0 fully saturated rings. The second-order valence-electron chi connectivity index (χ2n) is 8.14. The highest BCUT2D eigenvalue weighted by Gasteiger charge is 2.23. The van der Waals surface area contributed by atoms with Gasteiger partial charge in [-0.3, -0.25) is 0 Å². The Morgan fingerprint density at radius 3 is 1.78 bits per heavy atom. The summed E-state index contributed by atoms with van der Waals surface area (Å²) >= 11 is 0. The minimum atomic E-state index is -3.40. The van der Waals surface area contributed by atoms with Crippen LogP contribution in [0.1, 0.15) is 72.6 Å². The Labute approximate surface area is 143 Å². The Morgan fingerprint density at radius 1 is 0.870 bits per heavy atom. The number of aliphatic hydroxyl groups is 1. The van der Waals surface area contributed by atoms with Crippen molar-refractivity contribution in [1.29, 1.82) is 0 Å². The van der Waals surface area contributed by atoms with Gasteiger partial charge in [-0.15, -0.1) is 0 Å². The number of unbranched alkanes of at least 4 members (excludes halogenated alkanes) is 2. The Bertz CT molecular complexity index is 405. The van der Waals surface area contributed by atoms with Crippen molar-refractivity contribution in [2.75, 3.05) is 25.6 Å². The molecule has 5 nitrogen and oxygen atoms in total. The van der Waals surface area contributed by atoms with Crippen LogP contribution >= 0.6 is 0 Å². The van der Waals surface area contributed by atoms with Crippen molar-refractivity contribution in [2.45, 2.75) is 72.6 Å². The van der Waals surface area contributed by atoms with Crippen LogP contribution in [0.2, 0.25) is 0 Å². The molecule has 3 N–H and O–H groups in total. The lowest BCUT2D eigenvalue weighted by atomic mass is 9.84. The zero-order valence-corrected chi connectivity index (χ0v) is 16.3. The van der Waals surface area contributed by atoms with Gasteiger partial charge in [0.15, 0.2) is 0 Å². The second-order valence-corrected chi connectivity index (χ2v) is 9.75. The molecule has 23 heavy (non-hydrogen) atoms. The summed E-state index contributed by atoms with van der Waals surface area (Å²) in [6.07, 6.45) is 6.86. The summed E-state index contributed by atoms with van der Waals surface area (Å²) in [7, 11) is -3.40. The van der Waals surface area contributed by atoms with E-state index in [4.69, 9.17) is 15.0 Å². The number of hydrogen-bond donors (Lipinski definition) is 2. The van der Waals surface area contributed by atoms with E-state index < -0.39 is 10.0 Å². The van der Waals surface area contributed by atoms with Crippen molar-refractivity contribution in [3.63, 3.8) is 0 Å². The van der Waals surface area contributed by atoms with Crippen LogP contribution in [0.3, 0.4) is 0 Å². The fourth-order valence-corrected chi connectivity index (χ4v) is 4.00. The average Bonchev–Trinajstić information content (AvgIpc) is 2.33. The Hall–Kier alpha value is -0.170. The molecule has 0 bridgehead atoms. The van der Waals surface area contributed by atoms with Crippen LogP contribution in [0, 0.1) is 10.8 Å². The summed E-state index contributed by atoms with van der Waals surface area (Å²) in [5.74, 6) is 0.0322. The van der Waals surface area contributed by atoms with E-state index in [2.05, 4.69) is 13.8 Å². The molecule has 0 spiro atoms. The van der Waals surface area contributed by atoms with Crippen molar-refractivity contribution < 1.29 is 18.3 Å². The maximum absolute atomic E-state index is 11.1. The van der Waals surface area contributed by atoms with E-state index in [9.17, 15) is 8.42 Å². The fraction of sp³-hybridized carbons (Fsp3) is 1.00. The maximum atomic E-state index is 11.1. The molecule has 0 unspecified atom stereocenters. The highest BCUT2D eigenvalue weighted by Crippen LogP contribution is 2.27. The lowest BCUT2D eigenvalue weighted by Gasteiger charge is -2.23. The van der Waals surface area contributed by atoms with Gasteiger partial charge in [-0.25, -0.2) is 13.6 Å². The molecule has 0 atom stereocenters. The lowest BCUT2D eigenvalue weighted by Crippen LogP contribution is -2.29. The molecule has 6 heteroatoms. The van der Waals surface area contributed by atoms with E-state index >= 15 is 0 Å². The SMILES string of the molecule is CC(C)(CCO)CCCCOCCCCC(C)(C)CS(N)(=O)=O. The maximum Gasteiger partial charge on any atom is 0.209 e. The van der Waals surface area contributed by atoms with Gasteiger partial charge in [0, 0.05) is 19.8 Å². The zero-order valence-electron chi connectivity index (χ0n) is 15.4. The van der Waals surface area contributed by atoms with E-state index in [0.717, 1.165) is 58.2 Å². The van der Waals surface area contributed by atoms with Crippen LogP contribution in [-0.2, 0) is 14.8 Å². The van der Waals surface area contributed by atoms with Crippen molar-refractivity contribution in [3.05, 3.63) is 0 Å². The van der Waals surface area contributed by atoms with Gasteiger partial charge in [0.25, 0.3) is 0 Å². The first-order chi connectivity index (χ1) is 10.5. The molecule has 0 aliphatic rings. The topological polar surface area (TPSA) is 89.6 Å². The van der Waals surface area contributed by atoms with Gasteiger partial charge in [-0.2, -0.15) is 0 Å². The third-order valence-corrected chi connectivity index (χ3v) is 5.35. The molecule has 0 amide bonds. The monoisotopic (exact) mass is 351 g/mol. The standard InChI is InChI=1S/C17H37NO4S/c1-16(2,11-12-19)9-5-7-13-22-14-8-6-10-17(3,4)15-23(18,20)21/h19H,5-15H2,1-4H3,(H2,18,20,21). The predicted octanol–water partition coefficient (Wildman–Crippen LogP) is 3.07. The molecule has 140 valence electrons. The minimum Gasteiger partial charge on any atom is -0.396 e. The number of nitrogens with two attached hydrogens (primary N) is 1. The van der Waals surface area contributed by atoms with Gasteiger partial charge in [0.1, 0.15) is 0 Å². The number of sulfonamides is 1. The van der Waals surface area contributed by atoms with Gasteiger partial charge in [0.05, 0.1) is 5.75 Å². The smallest absolute Gasteiger partial charge is 0.209 e. The molecular weight excluding hydrogens is 314 g/mol. The molecule has 0 heterocycles. The highest BCUT2D eigenvalue weighted by molar-refractivity contribution is 7.89. The van der Waals surface area contributed by atoms with E-state index in [1.807, 2.05) is 13.8 Å². The number of aliphatic hydroxyl groups excluding tert-OH is 1. The first-order valence-electron chi connectivity index (χ1n) is 8.67. The third kappa shape index (κ3) is 15.1. The fourth-order valence-electron chi connectivity index (χ4n) is 2.76. The van der Waals surface area contributed by atoms with Gasteiger partial charge in [0.2, 0.25) is 10.0 Å². The number of hydrogen-bond acceptors (Lipinski definition) is 4. The predicted molar refractivity (Wildman–Crippen MR) is 95.8 cm³/mol. The Kier molecular flexibility index (Phi) is 10.6. The first kappa shape index (κ1) is 22.8. The molecule has 0 aromatic rings. The van der Waals surface area contributed by atoms with E-state index in [-0.39, 0.29) is 23.2 Å². The van der Waals surface area contributed by atoms with Gasteiger partial charge >= 0.3 is 0 Å². The van der Waals surface area contributed by atoms with Crippen molar-refractivity contribution >= 4 is 10.0 Å². The summed E-state index contributed by atoms with van der Waals surface area (Å²) in [5.41, 5.74) is -0.0600. The molecule has 0 saturated heterocycles. The average molecular weight is 352 g/mol. The van der Waals surface area contributed by atoms with Crippen LogP contribution in [-0.4, -0.2) is 39.1 Å². The molecule has 0 aliphatic heterocycles. The quantitative estimate of drug-likeness (QED) is 0.471. The van der Waals surface area contributed by atoms with Crippen LogP contribution in [0.25, 0.3) is 0 Å². The molecule has 0 radical (unpaired) electrons. The molecule has 0 aliphatic carbocycles. The van der Waals surface area contributed by atoms with Crippen molar-refractivity contribution in [1.82, 2.24) is 0 Å². The largest absolute Gasteiger partial charge is 0.396 e. The van der Waals surface area contributed by atoms with Crippen LogP contribution in [0.15, 0.2) is 0 Å². The number of rotatable bonds is 14. The normalized spacial score (nSPS) is 13.5. The molecule has 0 aromatic carbocycles. The van der Waals surface area contributed by atoms with Gasteiger partial charge in [-0.1, -0.05) is 40.5 Å². The summed E-state index contributed by atoms with van der Waals surface area (Å²) in [6, 6.07) is 0. The van der Waals surface area contributed by atoms with Crippen LogP contribution in [0.5, 0.6) is 0 Å². The third-order valence-electron chi connectivity index (χ3n) is 4.16. The molecular formula is C17H37NO4S. The first-order valence-corrected chi connectivity index (χ1v) is 10.4. The zero-order chi connectivity index (χ0) is 18.0. The van der Waals surface area contributed by atoms with Crippen molar-refractivity contribution in [2.24, 2.45) is 16.0 Å². The van der Waals surface area contributed by atoms with Crippen LogP contribution < -0.4 is 5.14 Å². The Morgan fingerprint density at radius 2 is 1.35 bits per heavy atom. The summed E-state index contributed by atoms with van der Waals surface area (Å²) in [4.78, 5) is 0. The second kappa shape index (κ2) is 10.6. The number of primary sulfonamides is 1. The minimum absolute atomic E-state index is 0.0322. The molecule has 0 saturated carbocycles. The van der Waals surface area contributed by atoms with E-state index in [1.165, 1.54) is 0 Å². The molecule has 0 rings (SSSR count). The van der Waals surface area contributed by atoms with Gasteiger partial charge < -0.3 is 9.84 Å². The van der Waals surface area contributed by atoms with Gasteiger partial charge in [-0.05, 0) is 42.9 Å². The van der Waals surface area contributed by atoms with Crippen LogP contribution in [0.4, 0.5) is 0 Å².